The number of hydrogen-bond acceptors (Lipinski definition) is 4. The van der Waals surface area contributed by atoms with E-state index in [4.69, 9.17) is 4.74 Å². The third kappa shape index (κ3) is 3.85. The van der Waals surface area contributed by atoms with Crippen molar-refractivity contribution in [2.75, 3.05) is 0 Å². The van der Waals surface area contributed by atoms with Crippen molar-refractivity contribution < 1.29 is 9.53 Å². The highest BCUT2D eigenvalue weighted by Gasteiger charge is 2.28. The molecule has 0 amide bonds. The van der Waals surface area contributed by atoms with Gasteiger partial charge in [-0.3, -0.25) is 0 Å². The van der Waals surface area contributed by atoms with Crippen LogP contribution >= 0.6 is 0 Å². The number of ether oxygens (including phenoxy) is 1. The van der Waals surface area contributed by atoms with Gasteiger partial charge in [-0.15, -0.1) is 0 Å². The summed E-state index contributed by atoms with van der Waals surface area (Å²) in [5, 5.41) is 8.81. The van der Waals surface area contributed by atoms with Crippen molar-refractivity contribution in [1.29, 1.82) is 0 Å². The second-order valence-corrected chi connectivity index (χ2v) is 6.23. The Labute approximate surface area is 157 Å². The Hall–Kier alpha value is -3.53. The molecule has 4 rings (SSSR count). The summed E-state index contributed by atoms with van der Waals surface area (Å²) < 4.78 is 5.85. The number of carbonyl (C=O) groups excluding carboxylic acids is 1. The van der Waals surface area contributed by atoms with Crippen molar-refractivity contribution in [1.82, 2.24) is 0 Å². The second-order valence-electron chi connectivity index (χ2n) is 6.23. The molecule has 4 nitrogen and oxygen atoms in total. The Morgan fingerprint density at radius 1 is 0.741 bits per heavy atom. The predicted molar refractivity (Wildman–Crippen MR) is 106 cm³/mol. The Morgan fingerprint density at radius 2 is 1.30 bits per heavy atom. The van der Waals surface area contributed by atoms with Gasteiger partial charge in [0.1, 0.15) is 5.71 Å². The van der Waals surface area contributed by atoms with Gasteiger partial charge in [0.05, 0.1) is 11.3 Å². The van der Waals surface area contributed by atoms with Gasteiger partial charge in [0.2, 0.25) is 0 Å². The van der Waals surface area contributed by atoms with E-state index in [1.165, 1.54) is 0 Å². The lowest BCUT2D eigenvalue weighted by Gasteiger charge is -2.23. The van der Waals surface area contributed by atoms with Crippen molar-refractivity contribution in [3.8, 4) is 0 Å². The van der Waals surface area contributed by atoms with E-state index in [-0.39, 0.29) is 5.97 Å². The van der Waals surface area contributed by atoms with E-state index in [9.17, 15) is 4.79 Å². The molecule has 0 N–H and O–H groups in total. The molecule has 0 spiro atoms. The molecule has 0 aromatic heterocycles. The standard InChI is InChI=1S/C23H18N2O2/c26-23(19-14-8-3-9-15-19)27-21-16-20(17-10-4-1-5-11-17)24-25-22(21)18-12-6-2-7-13-18/h1-15,21H,16H2. The average molecular weight is 354 g/mol. The lowest BCUT2D eigenvalue weighted by atomic mass is 9.96. The van der Waals surface area contributed by atoms with Gasteiger partial charge in [0.25, 0.3) is 0 Å². The zero-order valence-electron chi connectivity index (χ0n) is 14.7. The fourth-order valence-electron chi connectivity index (χ4n) is 3.02. The monoisotopic (exact) mass is 354 g/mol. The molecule has 1 aliphatic heterocycles. The molecule has 0 saturated carbocycles. The summed E-state index contributed by atoms with van der Waals surface area (Å²) in [7, 11) is 0. The van der Waals surface area contributed by atoms with E-state index in [1.54, 1.807) is 12.1 Å². The van der Waals surface area contributed by atoms with Gasteiger partial charge < -0.3 is 4.74 Å². The lowest BCUT2D eigenvalue weighted by molar-refractivity contribution is 0.0435. The van der Waals surface area contributed by atoms with Crippen LogP contribution < -0.4 is 0 Å². The van der Waals surface area contributed by atoms with Gasteiger partial charge in [0, 0.05) is 12.0 Å². The van der Waals surface area contributed by atoms with Gasteiger partial charge >= 0.3 is 5.97 Å². The first-order valence-electron chi connectivity index (χ1n) is 8.82. The summed E-state index contributed by atoms with van der Waals surface area (Å²) in [4.78, 5) is 12.6. The van der Waals surface area contributed by atoms with Crippen molar-refractivity contribution in [2.45, 2.75) is 12.5 Å². The molecule has 3 aromatic rings. The maximum atomic E-state index is 12.6. The Kier molecular flexibility index (Phi) is 4.88. The molecule has 1 unspecified atom stereocenters. The fourth-order valence-corrected chi connectivity index (χ4v) is 3.02. The predicted octanol–water partition coefficient (Wildman–Crippen LogP) is 4.51. The highest BCUT2D eigenvalue weighted by Crippen LogP contribution is 2.21. The number of carbonyl (C=O) groups is 1. The Morgan fingerprint density at radius 3 is 1.93 bits per heavy atom. The first-order valence-corrected chi connectivity index (χ1v) is 8.82. The molecule has 4 heteroatoms. The third-order valence-electron chi connectivity index (χ3n) is 4.40. The van der Waals surface area contributed by atoms with Crippen LogP contribution in [0, 0.1) is 0 Å². The fraction of sp³-hybridized carbons (Fsp3) is 0.0870. The summed E-state index contributed by atoms with van der Waals surface area (Å²) in [6, 6.07) is 28.6. The summed E-state index contributed by atoms with van der Waals surface area (Å²) in [5.41, 5.74) is 3.88. The van der Waals surface area contributed by atoms with Crippen molar-refractivity contribution in [2.24, 2.45) is 10.2 Å². The molecular formula is C23H18N2O2. The van der Waals surface area contributed by atoms with E-state index < -0.39 is 6.10 Å². The minimum atomic E-state index is -0.493. The van der Waals surface area contributed by atoms with Crippen molar-refractivity contribution >= 4 is 17.4 Å². The normalized spacial score (nSPS) is 16.2. The van der Waals surface area contributed by atoms with E-state index in [0.717, 1.165) is 16.8 Å². The van der Waals surface area contributed by atoms with Crippen LogP contribution in [0.1, 0.15) is 27.9 Å². The van der Waals surface area contributed by atoms with Crippen LogP contribution in [-0.2, 0) is 4.74 Å². The van der Waals surface area contributed by atoms with Crippen LogP contribution in [-0.4, -0.2) is 23.5 Å². The topological polar surface area (TPSA) is 51.0 Å². The first-order chi connectivity index (χ1) is 13.3. The van der Waals surface area contributed by atoms with Crippen LogP contribution in [0.2, 0.25) is 0 Å². The molecule has 1 heterocycles. The van der Waals surface area contributed by atoms with E-state index in [0.29, 0.717) is 17.7 Å². The summed E-state index contributed by atoms with van der Waals surface area (Å²) in [5.74, 6) is -0.362. The molecule has 1 atom stereocenters. The molecular weight excluding hydrogens is 336 g/mol. The molecule has 0 bridgehead atoms. The lowest BCUT2D eigenvalue weighted by Crippen LogP contribution is -2.33. The number of benzene rings is 3. The minimum absolute atomic E-state index is 0.362. The maximum absolute atomic E-state index is 12.6. The van der Waals surface area contributed by atoms with Crippen LogP contribution in [0.3, 0.4) is 0 Å². The van der Waals surface area contributed by atoms with Crippen LogP contribution in [0.15, 0.2) is 101 Å². The third-order valence-corrected chi connectivity index (χ3v) is 4.40. The smallest absolute Gasteiger partial charge is 0.338 e. The molecule has 27 heavy (non-hydrogen) atoms. The first kappa shape index (κ1) is 16.9. The minimum Gasteiger partial charge on any atom is -0.452 e. The Balaban J connectivity index is 1.66. The average Bonchev–Trinajstić information content (AvgIpc) is 2.75. The SMILES string of the molecule is O=C(OC1CC(c2ccccc2)=NN=C1c1ccccc1)c1ccccc1. The molecule has 0 radical (unpaired) electrons. The van der Waals surface area contributed by atoms with Crippen molar-refractivity contribution in [3.05, 3.63) is 108 Å². The zero-order chi connectivity index (χ0) is 18.5. The van der Waals surface area contributed by atoms with Crippen LogP contribution in [0.25, 0.3) is 0 Å². The zero-order valence-corrected chi connectivity index (χ0v) is 14.7. The number of esters is 1. The number of nitrogens with zero attached hydrogens (tertiary/aromatic N) is 2. The summed E-state index contributed by atoms with van der Waals surface area (Å²) in [6.45, 7) is 0. The number of hydrogen-bond donors (Lipinski definition) is 0. The molecule has 0 fully saturated rings. The van der Waals surface area contributed by atoms with Gasteiger partial charge in [-0.25, -0.2) is 4.79 Å². The quantitative estimate of drug-likeness (QED) is 0.647. The largest absolute Gasteiger partial charge is 0.452 e. The van der Waals surface area contributed by atoms with Gasteiger partial charge in [-0.05, 0) is 17.7 Å². The van der Waals surface area contributed by atoms with Crippen molar-refractivity contribution in [3.63, 3.8) is 0 Å². The molecule has 3 aromatic carbocycles. The number of rotatable bonds is 4. The second kappa shape index (κ2) is 7.79. The van der Waals surface area contributed by atoms with Crippen LogP contribution in [0.5, 0.6) is 0 Å². The van der Waals surface area contributed by atoms with E-state index >= 15 is 0 Å². The van der Waals surface area contributed by atoms with E-state index in [2.05, 4.69) is 10.2 Å². The molecule has 132 valence electrons. The van der Waals surface area contributed by atoms with Crippen LogP contribution in [0.4, 0.5) is 0 Å². The summed E-state index contributed by atoms with van der Waals surface area (Å²) in [6.07, 6.45) is -0.0103. The van der Waals surface area contributed by atoms with E-state index in [1.807, 2.05) is 78.9 Å². The van der Waals surface area contributed by atoms with Gasteiger partial charge in [-0.2, -0.15) is 10.2 Å². The molecule has 1 aliphatic rings. The highest BCUT2D eigenvalue weighted by atomic mass is 16.5. The maximum Gasteiger partial charge on any atom is 0.338 e. The van der Waals surface area contributed by atoms with Gasteiger partial charge in [0.15, 0.2) is 6.10 Å². The molecule has 0 saturated heterocycles. The Bertz CT molecular complexity index is 979. The summed E-state index contributed by atoms with van der Waals surface area (Å²) >= 11 is 0. The highest BCUT2D eigenvalue weighted by molar-refractivity contribution is 6.12. The van der Waals surface area contributed by atoms with Gasteiger partial charge in [-0.1, -0.05) is 78.9 Å². The molecule has 0 aliphatic carbocycles.